The van der Waals surface area contributed by atoms with E-state index in [4.69, 9.17) is 0 Å². The highest BCUT2D eigenvalue weighted by Gasteiger charge is 2.36. The van der Waals surface area contributed by atoms with Gasteiger partial charge in [0.25, 0.3) is 0 Å². The molecule has 21 heavy (non-hydrogen) atoms. The van der Waals surface area contributed by atoms with Crippen LogP contribution in [0.1, 0.15) is 36.9 Å². The summed E-state index contributed by atoms with van der Waals surface area (Å²) in [6, 6.07) is 21.8. The first-order chi connectivity index (χ1) is 10.3. The van der Waals surface area contributed by atoms with Gasteiger partial charge in [-0.05, 0) is 37.4 Å². The van der Waals surface area contributed by atoms with Crippen molar-refractivity contribution in [2.75, 3.05) is 6.54 Å². The van der Waals surface area contributed by atoms with Gasteiger partial charge < -0.3 is 10.6 Å². The zero-order valence-electron chi connectivity index (χ0n) is 12.7. The molecule has 2 nitrogen and oxygen atoms in total. The molecule has 0 amide bonds. The summed E-state index contributed by atoms with van der Waals surface area (Å²) in [7, 11) is 0. The fraction of sp³-hybridized carbons (Fsp3) is 0.368. The molecule has 2 N–H and O–H groups in total. The van der Waals surface area contributed by atoms with Crippen LogP contribution in [-0.2, 0) is 6.54 Å². The van der Waals surface area contributed by atoms with E-state index in [-0.39, 0.29) is 5.54 Å². The minimum absolute atomic E-state index is 0.0927. The highest BCUT2D eigenvalue weighted by atomic mass is 15.1. The van der Waals surface area contributed by atoms with Gasteiger partial charge in [-0.2, -0.15) is 0 Å². The van der Waals surface area contributed by atoms with Crippen LogP contribution in [0.25, 0.3) is 0 Å². The molecular weight excluding hydrogens is 256 g/mol. The van der Waals surface area contributed by atoms with Crippen molar-refractivity contribution < 1.29 is 0 Å². The molecule has 0 aromatic heterocycles. The van der Waals surface area contributed by atoms with Crippen LogP contribution in [0.3, 0.4) is 0 Å². The largest absolute Gasteiger partial charge is 0.308 e. The zero-order chi connectivity index (χ0) is 14.5. The quantitative estimate of drug-likeness (QED) is 0.893. The van der Waals surface area contributed by atoms with Gasteiger partial charge in [0, 0.05) is 12.1 Å². The van der Waals surface area contributed by atoms with E-state index in [1.807, 2.05) is 0 Å². The average molecular weight is 280 g/mol. The lowest BCUT2D eigenvalue weighted by molar-refractivity contribution is 0.196. The smallest absolute Gasteiger partial charge is 0.0502 e. The van der Waals surface area contributed by atoms with E-state index in [0.717, 1.165) is 13.1 Å². The first-order valence-corrected chi connectivity index (χ1v) is 7.85. The van der Waals surface area contributed by atoms with Crippen LogP contribution < -0.4 is 10.6 Å². The normalized spacial score (nSPS) is 25.7. The van der Waals surface area contributed by atoms with E-state index in [0.29, 0.717) is 6.04 Å². The molecule has 0 bridgehead atoms. The van der Waals surface area contributed by atoms with Gasteiger partial charge in [0.05, 0.1) is 6.04 Å². The summed E-state index contributed by atoms with van der Waals surface area (Å²) in [6.07, 6.45) is 2.42. The van der Waals surface area contributed by atoms with Gasteiger partial charge in [-0.1, -0.05) is 60.7 Å². The third-order valence-electron chi connectivity index (χ3n) is 4.53. The summed E-state index contributed by atoms with van der Waals surface area (Å²) in [5.74, 6) is 0. The number of nitrogens with one attached hydrogen (secondary N) is 2. The summed E-state index contributed by atoms with van der Waals surface area (Å²) < 4.78 is 0. The monoisotopic (exact) mass is 280 g/mol. The van der Waals surface area contributed by atoms with Crippen LogP contribution in [0.4, 0.5) is 0 Å². The summed E-state index contributed by atoms with van der Waals surface area (Å²) in [4.78, 5) is 0. The van der Waals surface area contributed by atoms with Crippen LogP contribution in [0.5, 0.6) is 0 Å². The highest BCUT2D eigenvalue weighted by Crippen LogP contribution is 2.33. The van der Waals surface area contributed by atoms with E-state index >= 15 is 0 Å². The topological polar surface area (TPSA) is 24.1 Å². The van der Waals surface area contributed by atoms with Crippen LogP contribution in [-0.4, -0.2) is 12.1 Å². The maximum atomic E-state index is 3.80. The van der Waals surface area contributed by atoms with Crippen LogP contribution in [0, 0.1) is 0 Å². The summed E-state index contributed by atoms with van der Waals surface area (Å²) in [6.45, 7) is 4.37. The average Bonchev–Trinajstić information content (AvgIpc) is 2.55. The molecular formula is C19H24N2. The molecule has 0 spiro atoms. The molecule has 2 heteroatoms. The second kappa shape index (κ2) is 6.42. The molecule has 1 aliphatic heterocycles. The molecule has 0 aliphatic carbocycles. The third-order valence-corrected chi connectivity index (χ3v) is 4.53. The first-order valence-electron chi connectivity index (χ1n) is 7.85. The second-order valence-corrected chi connectivity index (χ2v) is 6.16. The third kappa shape index (κ3) is 3.34. The Morgan fingerprint density at radius 2 is 1.71 bits per heavy atom. The first kappa shape index (κ1) is 14.3. The number of piperidine rings is 1. The van der Waals surface area contributed by atoms with Gasteiger partial charge in [-0.15, -0.1) is 0 Å². The summed E-state index contributed by atoms with van der Waals surface area (Å²) in [5.41, 5.74) is 2.81. The fourth-order valence-electron chi connectivity index (χ4n) is 3.29. The van der Waals surface area contributed by atoms with Crippen molar-refractivity contribution in [3.63, 3.8) is 0 Å². The lowest BCUT2D eigenvalue weighted by Crippen LogP contribution is -2.55. The van der Waals surface area contributed by atoms with Gasteiger partial charge in [0.15, 0.2) is 0 Å². The molecule has 1 saturated heterocycles. The van der Waals surface area contributed by atoms with Crippen LogP contribution in [0.2, 0.25) is 0 Å². The Hall–Kier alpha value is -1.64. The molecule has 0 unspecified atom stereocenters. The highest BCUT2D eigenvalue weighted by molar-refractivity contribution is 5.24. The molecule has 2 aromatic carbocycles. The predicted octanol–water partition coefficient (Wildman–Crippen LogP) is 3.66. The van der Waals surface area contributed by atoms with E-state index in [1.165, 1.54) is 24.0 Å². The molecule has 0 saturated carbocycles. The van der Waals surface area contributed by atoms with E-state index in [2.05, 4.69) is 78.2 Å². The maximum absolute atomic E-state index is 3.80. The Balaban J connectivity index is 1.76. The second-order valence-electron chi connectivity index (χ2n) is 6.16. The maximum Gasteiger partial charge on any atom is 0.0502 e. The number of benzene rings is 2. The Morgan fingerprint density at radius 3 is 2.43 bits per heavy atom. The van der Waals surface area contributed by atoms with Crippen molar-refractivity contribution >= 4 is 0 Å². The Bertz CT molecular complexity index is 552. The SMILES string of the molecule is C[C@@]1(NCc2ccccc2)CCCN[C@@H]1c1ccccc1. The lowest BCUT2D eigenvalue weighted by Gasteiger charge is -2.43. The van der Waals surface area contributed by atoms with E-state index in [1.54, 1.807) is 0 Å². The molecule has 2 aromatic rings. The zero-order valence-corrected chi connectivity index (χ0v) is 12.7. The van der Waals surface area contributed by atoms with Gasteiger partial charge in [-0.25, -0.2) is 0 Å². The molecule has 110 valence electrons. The van der Waals surface area contributed by atoms with E-state index < -0.39 is 0 Å². The minimum atomic E-state index is 0.0927. The van der Waals surface area contributed by atoms with Gasteiger partial charge in [-0.3, -0.25) is 0 Å². The summed E-state index contributed by atoms with van der Waals surface area (Å²) in [5, 5.41) is 7.50. The van der Waals surface area contributed by atoms with Crippen molar-refractivity contribution in [2.45, 2.75) is 37.9 Å². The van der Waals surface area contributed by atoms with Gasteiger partial charge in [0.1, 0.15) is 0 Å². The van der Waals surface area contributed by atoms with Crippen LogP contribution in [0.15, 0.2) is 60.7 Å². The fourth-order valence-corrected chi connectivity index (χ4v) is 3.29. The molecule has 1 fully saturated rings. The van der Waals surface area contributed by atoms with Gasteiger partial charge >= 0.3 is 0 Å². The summed E-state index contributed by atoms with van der Waals surface area (Å²) >= 11 is 0. The van der Waals surface area contributed by atoms with Crippen molar-refractivity contribution in [1.29, 1.82) is 0 Å². The molecule has 2 atom stereocenters. The molecule has 1 heterocycles. The van der Waals surface area contributed by atoms with Crippen molar-refractivity contribution in [3.8, 4) is 0 Å². The van der Waals surface area contributed by atoms with Crippen molar-refractivity contribution in [2.24, 2.45) is 0 Å². The predicted molar refractivity (Wildman–Crippen MR) is 88.1 cm³/mol. The molecule has 3 rings (SSSR count). The minimum Gasteiger partial charge on any atom is -0.308 e. The number of hydrogen-bond acceptors (Lipinski definition) is 2. The van der Waals surface area contributed by atoms with Gasteiger partial charge in [0.2, 0.25) is 0 Å². The Labute approximate surface area is 127 Å². The van der Waals surface area contributed by atoms with Crippen molar-refractivity contribution in [1.82, 2.24) is 10.6 Å². The number of hydrogen-bond donors (Lipinski definition) is 2. The number of rotatable bonds is 4. The molecule has 0 radical (unpaired) electrons. The van der Waals surface area contributed by atoms with E-state index in [9.17, 15) is 0 Å². The Kier molecular flexibility index (Phi) is 4.37. The molecule has 1 aliphatic rings. The lowest BCUT2D eigenvalue weighted by atomic mass is 9.80. The van der Waals surface area contributed by atoms with Crippen molar-refractivity contribution in [3.05, 3.63) is 71.8 Å². The van der Waals surface area contributed by atoms with Crippen LogP contribution >= 0.6 is 0 Å². The standard InChI is InChI=1S/C19H24N2/c1-19(21-15-16-9-4-2-5-10-16)13-8-14-20-18(19)17-11-6-3-7-12-17/h2-7,9-12,18,20-21H,8,13-15H2,1H3/t18-,19-/m1/s1. The Morgan fingerprint density at radius 1 is 1.05 bits per heavy atom.